The van der Waals surface area contributed by atoms with Crippen molar-refractivity contribution in [3.8, 4) is 0 Å². The fourth-order valence-corrected chi connectivity index (χ4v) is 2.81. The van der Waals surface area contributed by atoms with Gasteiger partial charge in [0.2, 0.25) is 0 Å². The summed E-state index contributed by atoms with van der Waals surface area (Å²) in [6.45, 7) is 6.33. The molecule has 1 aliphatic heterocycles. The van der Waals surface area contributed by atoms with E-state index in [1.165, 1.54) is 5.56 Å². The number of H-pyrrole nitrogens is 1. The number of rotatable bonds is 2. The van der Waals surface area contributed by atoms with E-state index in [0.29, 0.717) is 31.7 Å². The summed E-state index contributed by atoms with van der Waals surface area (Å²) in [5.41, 5.74) is 3.69. The van der Waals surface area contributed by atoms with Gasteiger partial charge in [0.25, 0.3) is 11.8 Å². The zero-order valence-corrected chi connectivity index (χ0v) is 13.5. The highest BCUT2D eigenvalue weighted by molar-refractivity contribution is 5.96. The molecule has 1 N–H and O–H groups in total. The number of benzene rings is 1. The Bertz CT molecular complexity index is 714. The highest BCUT2D eigenvalue weighted by Gasteiger charge is 2.25. The van der Waals surface area contributed by atoms with E-state index in [0.717, 1.165) is 11.1 Å². The molecule has 0 unspecified atom stereocenters. The van der Waals surface area contributed by atoms with Crippen molar-refractivity contribution in [2.24, 2.45) is 0 Å². The summed E-state index contributed by atoms with van der Waals surface area (Å²) < 4.78 is 0. The Balaban J connectivity index is 1.63. The molecule has 5 nitrogen and oxygen atoms in total. The van der Waals surface area contributed by atoms with Crippen molar-refractivity contribution in [2.45, 2.75) is 13.8 Å². The Morgan fingerprint density at radius 3 is 2.00 bits per heavy atom. The fourth-order valence-electron chi connectivity index (χ4n) is 2.81. The van der Waals surface area contributed by atoms with Crippen molar-refractivity contribution in [3.05, 3.63) is 58.9 Å². The largest absolute Gasteiger partial charge is 0.367 e. The molecule has 1 saturated heterocycles. The highest BCUT2D eigenvalue weighted by atomic mass is 16.2. The standard InChI is InChI=1S/C18H21N3O2/c1-13-3-4-15(11-14(13)2)17(22)20-7-9-21(10-8-20)18(23)16-5-6-19-12-16/h3-6,11-12,19H,7-10H2,1-2H3. The van der Waals surface area contributed by atoms with Gasteiger partial charge >= 0.3 is 0 Å². The van der Waals surface area contributed by atoms with Crippen LogP contribution in [0.15, 0.2) is 36.7 Å². The van der Waals surface area contributed by atoms with Gasteiger partial charge < -0.3 is 14.8 Å². The van der Waals surface area contributed by atoms with Crippen molar-refractivity contribution in [3.63, 3.8) is 0 Å². The van der Waals surface area contributed by atoms with Crippen LogP contribution < -0.4 is 0 Å². The molecule has 2 heterocycles. The van der Waals surface area contributed by atoms with Crippen molar-refractivity contribution >= 4 is 11.8 Å². The monoisotopic (exact) mass is 311 g/mol. The number of hydrogen-bond donors (Lipinski definition) is 1. The van der Waals surface area contributed by atoms with Crippen LogP contribution in [-0.4, -0.2) is 52.8 Å². The molecular formula is C18H21N3O2. The summed E-state index contributed by atoms with van der Waals surface area (Å²) in [4.78, 5) is 31.4. The minimum absolute atomic E-state index is 0.0181. The molecule has 1 aliphatic rings. The Labute approximate surface area is 135 Å². The lowest BCUT2D eigenvalue weighted by atomic mass is 10.1. The molecule has 0 bridgehead atoms. The van der Waals surface area contributed by atoms with Crippen LogP contribution in [-0.2, 0) is 0 Å². The predicted molar refractivity (Wildman–Crippen MR) is 88.5 cm³/mol. The van der Waals surface area contributed by atoms with Gasteiger partial charge in [-0.15, -0.1) is 0 Å². The molecule has 0 saturated carbocycles. The van der Waals surface area contributed by atoms with Crippen molar-refractivity contribution in [1.29, 1.82) is 0 Å². The normalized spacial score (nSPS) is 14.9. The number of amides is 2. The van der Waals surface area contributed by atoms with Crippen LogP contribution in [0.5, 0.6) is 0 Å². The SMILES string of the molecule is Cc1ccc(C(=O)N2CCN(C(=O)c3cc[nH]c3)CC2)cc1C. The van der Waals surface area contributed by atoms with Gasteiger partial charge in [0, 0.05) is 44.1 Å². The number of hydrogen-bond acceptors (Lipinski definition) is 2. The van der Waals surface area contributed by atoms with Crippen molar-refractivity contribution < 1.29 is 9.59 Å². The average Bonchev–Trinajstić information content (AvgIpc) is 3.11. The maximum absolute atomic E-state index is 12.6. The number of nitrogens with zero attached hydrogens (tertiary/aromatic N) is 2. The van der Waals surface area contributed by atoms with Gasteiger partial charge in [0.15, 0.2) is 0 Å². The van der Waals surface area contributed by atoms with E-state index < -0.39 is 0 Å². The first-order valence-corrected chi connectivity index (χ1v) is 7.85. The molecule has 5 heteroatoms. The number of aromatic nitrogens is 1. The molecule has 2 aromatic rings. The summed E-state index contributed by atoms with van der Waals surface area (Å²) in [5, 5.41) is 0. The minimum atomic E-state index is 0.0181. The molecular weight excluding hydrogens is 290 g/mol. The lowest BCUT2D eigenvalue weighted by molar-refractivity contribution is 0.0535. The van der Waals surface area contributed by atoms with Gasteiger partial charge in [-0.1, -0.05) is 6.07 Å². The number of carbonyl (C=O) groups is 2. The second-order valence-corrected chi connectivity index (χ2v) is 5.98. The maximum atomic E-state index is 12.6. The lowest BCUT2D eigenvalue weighted by Crippen LogP contribution is -2.50. The van der Waals surface area contributed by atoms with E-state index in [1.807, 2.05) is 36.9 Å². The third-order valence-corrected chi connectivity index (χ3v) is 4.45. The zero-order chi connectivity index (χ0) is 16.4. The first-order valence-electron chi connectivity index (χ1n) is 7.85. The molecule has 120 valence electrons. The summed E-state index contributed by atoms with van der Waals surface area (Å²) in [6.07, 6.45) is 3.45. The van der Waals surface area contributed by atoms with Gasteiger partial charge in [-0.2, -0.15) is 0 Å². The summed E-state index contributed by atoms with van der Waals surface area (Å²) in [7, 11) is 0. The fraction of sp³-hybridized carbons (Fsp3) is 0.333. The number of nitrogens with one attached hydrogen (secondary N) is 1. The molecule has 3 rings (SSSR count). The second kappa shape index (κ2) is 6.28. The van der Waals surface area contributed by atoms with E-state index in [1.54, 1.807) is 23.4 Å². The van der Waals surface area contributed by atoms with Gasteiger partial charge in [-0.25, -0.2) is 0 Å². The van der Waals surface area contributed by atoms with E-state index in [9.17, 15) is 9.59 Å². The van der Waals surface area contributed by atoms with Crippen LogP contribution in [0.4, 0.5) is 0 Å². The van der Waals surface area contributed by atoms with E-state index >= 15 is 0 Å². The average molecular weight is 311 g/mol. The van der Waals surface area contributed by atoms with E-state index in [4.69, 9.17) is 0 Å². The lowest BCUT2D eigenvalue weighted by Gasteiger charge is -2.34. The molecule has 0 aliphatic carbocycles. The molecule has 1 aromatic carbocycles. The molecule has 2 amide bonds. The van der Waals surface area contributed by atoms with E-state index in [-0.39, 0.29) is 11.8 Å². The molecule has 0 spiro atoms. The highest BCUT2D eigenvalue weighted by Crippen LogP contribution is 2.14. The molecule has 23 heavy (non-hydrogen) atoms. The van der Waals surface area contributed by atoms with Crippen LogP contribution in [0.3, 0.4) is 0 Å². The Kier molecular flexibility index (Phi) is 4.19. The third kappa shape index (κ3) is 3.13. The minimum Gasteiger partial charge on any atom is -0.367 e. The van der Waals surface area contributed by atoms with Gasteiger partial charge in [-0.3, -0.25) is 9.59 Å². The molecule has 1 aromatic heterocycles. The van der Waals surface area contributed by atoms with Crippen LogP contribution in [0.2, 0.25) is 0 Å². The van der Waals surface area contributed by atoms with Gasteiger partial charge in [0.1, 0.15) is 0 Å². The number of aryl methyl sites for hydroxylation is 2. The van der Waals surface area contributed by atoms with Crippen LogP contribution in [0, 0.1) is 13.8 Å². The van der Waals surface area contributed by atoms with Crippen LogP contribution >= 0.6 is 0 Å². The van der Waals surface area contributed by atoms with Gasteiger partial charge in [-0.05, 0) is 43.2 Å². The summed E-state index contributed by atoms with van der Waals surface area (Å²) in [6, 6.07) is 7.57. The van der Waals surface area contributed by atoms with Gasteiger partial charge in [0.05, 0.1) is 5.56 Å². The maximum Gasteiger partial charge on any atom is 0.255 e. The first-order chi connectivity index (χ1) is 11.1. The quantitative estimate of drug-likeness (QED) is 0.924. The predicted octanol–water partition coefficient (Wildman–Crippen LogP) is 2.23. The smallest absolute Gasteiger partial charge is 0.255 e. The van der Waals surface area contributed by atoms with Crippen molar-refractivity contribution in [2.75, 3.05) is 26.2 Å². The zero-order valence-electron chi connectivity index (χ0n) is 13.5. The summed E-state index contributed by atoms with van der Waals surface area (Å²) >= 11 is 0. The van der Waals surface area contributed by atoms with Crippen LogP contribution in [0.25, 0.3) is 0 Å². The Morgan fingerprint density at radius 1 is 0.870 bits per heavy atom. The topological polar surface area (TPSA) is 56.4 Å². The molecule has 0 radical (unpaired) electrons. The Hall–Kier alpha value is -2.56. The number of piperazine rings is 1. The first kappa shape index (κ1) is 15.3. The number of carbonyl (C=O) groups excluding carboxylic acids is 2. The Morgan fingerprint density at radius 2 is 1.48 bits per heavy atom. The third-order valence-electron chi connectivity index (χ3n) is 4.45. The number of aromatic amines is 1. The summed E-state index contributed by atoms with van der Waals surface area (Å²) in [5.74, 6) is 0.0615. The van der Waals surface area contributed by atoms with Crippen molar-refractivity contribution in [1.82, 2.24) is 14.8 Å². The van der Waals surface area contributed by atoms with E-state index in [2.05, 4.69) is 4.98 Å². The second-order valence-electron chi connectivity index (χ2n) is 5.98. The molecule has 0 atom stereocenters. The van der Waals surface area contributed by atoms with Crippen LogP contribution in [0.1, 0.15) is 31.8 Å². The molecule has 1 fully saturated rings.